The zero-order valence-corrected chi connectivity index (χ0v) is 10.9. The molecule has 17 heavy (non-hydrogen) atoms. The maximum Gasteiger partial charge on any atom is 0.0949 e. The van der Waals surface area contributed by atoms with Gasteiger partial charge in [0.25, 0.3) is 0 Å². The molecule has 0 spiro atoms. The molecule has 0 atom stereocenters. The van der Waals surface area contributed by atoms with Crippen molar-refractivity contribution in [1.82, 2.24) is 9.55 Å². The first-order valence-electron chi connectivity index (χ1n) is 6.48. The summed E-state index contributed by atoms with van der Waals surface area (Å²) in [5.41, 5.74) is 6.81. The summed E-state index contributed by atoms with van der Waals surface area (Å²) in [6, 6.07) is 0. The van der Waals surface area contributed by atoms with Crippen LogP contribution in [0.3, 0.4) is 0 Å². The zero-order chi connectivity index (χ0) is 12.3. The highest BCUT2D eigenvalue weighted by Crippen LogP contribution is 2.21. The predicted octanol–water partition coefficient (Wildman–Crippen LogP) is 2.04. The first kappa shape index (κ1) is 12.6. The van der Waals surface area contributed by atoms with Crippen LogP contribution >= 0.6 is 0 Å². The second-order valence-electron chi connectivity index (χ2n) is 5.47. The molecule has 2 rings (SSSR count). The molecule has 96 valence electrons. The lowest BCUT2D eigenvalue weighted by atomic mass is 10.0. The first-order chi connectivity index (χ1) is 8.07. The minimum absolute atomic E-state index is 0.343. The van der Waals surface area contributed by atoms with Gasteiger partial charge in [-0.1, -0.05) is 12.8 Å². The van der Waals surface area contributed by atoms with E-state index < -0.39 is 0 Å². The molecule has 0 bridgehead atoms. The zero-order valence-electron chi connectivity index (χ0n) is 10.9. The van der Waals surface area contributed by atoms with Gasteiger partial charge in [-0.15, -0.1) is 0 Å². The second kappa shape index (κ2) is 5.19. The average molecular weight is 237 g/mol. The number of nitrogens with two attached hydrogens (primary N) is 1. The monoisotopic (exact) mass is 237 g/mol. The van der Waals surface area contributed by atoms with Crippen LogP contribution in [0.25, 0.3) is 0 Å². The molecule has 1 aliphatic rings. The third-order valence-corrected chi connectivity index (χ3v) is 3.36. The quantitative estimate of drug-likeness (QED) is 0.852. The van der Waals surface area contributed by atoms with Crippen molar-refractivity contribution in [3.05, 3.63) is 18.2 Å². The molecule has 1 aromatic heterocycles. The molecular weight excluding hydrogens is 214 g/mol. The van der Waals surface area contributed by atoms with Crippen molar-refractivity contribution < 1.29 is 4.74 Å². The van der Waals surface area contributed by atoms with Crippen LogP contribution in [0.2, 0.25) is 0 Å². The Kier molecular flexibility index (Phi) is 3.84. The molecule has 0 radical (unpaired) electrons. The highest BCUT2D eigenvalue weighted by Gasteiger charge is 2.19. The third-order valence-electron chi connectivity index (χ3n) is 3.36. The highest BCUT2D eigenvalue weighted by atomic mass is 16.5. The molecule has 0 amide bonds. The molecule has 1 saturated carbocycles. The van der Waals surface area contributed by atoms with Gasteiger partial charge < -0.3 is 15.0 Å². The Bertz CT molecular complexity index is 348. The molecule has 4 nitrogen and oxygen atoms in total. The van der Waals surface area contributed by atoms with E-state index in [0.29, 0.717) is 6.10 Å². The van der Waals surface area contributed by atoms with Crippen molar-refractivity contribution in [2.75, 3.05) is 6.61 Å². The van der Waals surface area contributed by atoms with Gasteiger partial charge in [-0.2, -0.15) is 0 Å². The number of rotatable bonds is 5. The van der Waals surface area contributed by atoms with E-state index in [1.54, 1.807) is 0 Å². The number of nitrogens with zero attached hydrogens (tertiary/aromatic N) is 2. The Morgan fingerprint density at radius 2 is 2.18 bits per heavy atom. The molecule has 0 aromatic carbocycles. The van der Waals surface area contributed by atoms with Crippen LogP contribution in [-0.4, -0.2) is 22.3 Å². The van der Waals surface area contributed by atoms with E-state index in [1.165, 1.54) is 25.7 Å². The van der Waals surface area contributed by atoms with Crippen molar-refractivity contribution in [2.24, 2.45) is 5.73 Å². The van der Waals surface area contributed by atoms with E-state index in [2.05, 4.69) is 9.55 Å². The molecule has 4 heteroatoms. The minimum atomic E-state index is -0.343. The van der Waals surface area contributed by atoms with Gasteiger partial charge in [0, 0.05) is 12.7 Å². The summed E-state index contributed by atoms with van der Waals surface area (Å²) < 4.78 is 7.95. The SMILES string of the molecule is CC(C)(N)c1cncn1CCOC1CCCC1. The van der Waals surface area contributed by atoms with Crippen LogP contribution in [0.15, 0.2) is 12.5 Å². The number of aromatic nitrogens is 2. The van der Waals surface area contributed by atoms with E-state index in [-0.39, 0.29) is 5.54 Å². The van der Waals surface area contributed by atoms with Crippen LogP contribution in [0.4, 0.5) is 0 Å². The van der Waals surface area contributed by atoms with E-state index in [9.17, 15) is 0 Å². The maximum atomic E-state index is 6.09. The minimum Gasteiger partial charge on any atom is -0.376 e. The van der Waals surface area contributed by atoms with E-state index in [4.69, 9.17) is 10.5 Å². The van der Waals surface area contributed by atoms with Crippen molar-refractivity contribution in [1.29, 1.82) is 0 Å². The van der Waals surface area contributed by atoms with Gasteiger partial charge in [0.05, 0.1) is 30.3 Å². The molecule has 2 N–H and O–H groups in total. The van der Waals surface area contributed by atoms with Crippen molar-refractivity contribution in [3.8, 4) is 0 Å². The Morgan fingerprint density at radius 1 is 1.47 bits per heavy atom. The molecule has 1 aromatic rings. The molecular formula is C13H23N3O. The van der Waals surface area contributed by atoms with E-state index in [0.717, 1.165) is 18.8 Å². The van der Waals surface area contributed by atoms with Crippen LogP contribution in [0.1, 0.15) is 45.2 Å². The second-order valence-corrected chi connectivity index (χ2v) is 5.47. The van der Waals surface area contributed by atoms with Crippen molar-refractivity contribution >= 4 is 0 Å². The lowest BCUT2D eigenvalue weighted by molar-refractivity contribution is 0.0523. The lowest BCUT2D eigenvalue weighted by Crippen LogP contribution is -2.32. The number of hydrogen-bond acceptors (Lipinski definition) is 3. The fourth-order valence-corrected chi connectivity index (χ4v) is 2.41. The fraction of sp³-hybridized carbons (Fsp3) is 0.769. The molecule has 0 saturated heterocycles. The van der Waals surface area contributed by atoms with Crippen LogP contribution in [-0.2, 0) is 16.8 Å². The summed E-state index contributed by atoms with van der Waals surface area (Å²) in [4.78, 5) is 4.17. The summed E-state index contributed by atoms with van der Waals surface area (Å²) >= 11 is 0. The summed E-state index contributed by atoms with van der Waals surface area (Å²) in [5.74, 6) is 0. The van der Waals surface area contributed by atoms with Gasteiger partial charge in [0.1, 0.15) is 0 Å². The first-order valence-corrected chi connectivity index (χ1v) is 6.48. The molecule has 0 aliphatic heterocycles. The third kappa shape index (κ3) is 3.30. The normalized spacial score (nSPS) is 17.8. The topological polar surface area (TPSA) is 53.1 Å². The molecule has 0 unspecified atom stereocenters. The van der Waals surface area contributed by atoms with Crippen LogP contribution in [0, 0.1) is 0 Å². The Balaban J connectivity index is 1.84. The number of ether oxygens (including phenoxy) is 1. The summed E-state index contributed by atoms with van der Waals surface area (Å²) in [5, 5.41) is 0. The number of hydrogen-bond donors (Lipinski definition) is 1. The molecule has 1 heterocycles. The Labute approximate surface area is 103 Å². The van der Waals surface area contributed by atoms with Crippen LogP contribution in [0.5, 0.6) is 0 Å². The van der Waals surface area contributed by atoms with Gasteiger partial charge >= 0.3 is 0 Å². The number of imidazole rings is 1. The Morgan fingerprint density at radius 3 is 2.82 bits per heavy atom. The summed E-state index contributed by atoms with van der Waals surface area (Å²) in [6.07, 6.45) is 9.23. The largest absolute Gasteiger partial charge is 0.376 e. The fourth-order valence-electron chi connectivity index (χ4n) is 2.41. The highest BCUT2D eigenvalue weighted by molar-refractivity contribution is 5.09. The lowest BCUT2D eigenvalue weighted by Gasteiger charge is -2.21. The van der Waals surface area contributed by atoms with Gasteiger partial charge in [-0.3, -0.25) is 0 Å². The van der Waals surface area contributed by atoms with E-state index >= 15 is 0 Å². The average Bonchev–Trinajstić information content (AvgIpc) is 2.86. The molecule has 1 fully saturated rings. The van der Waals surface area contributed by atoms with E-state index in [1.807, 2.05) is 26.4 Å². The van der Waals surface area contributed by atoms with Gasteiger partial charge in [0.2, 0.25) is 0 Å². The van der Waals surface area contributed by atoms with Crippen molar-refractivity contribution in [3.63, 3.8) is 0 Å². The Hall–Kier alpha value is -0.870. The summed E-state index contributed by atoms with van der Waals surface area (Å²) in [7, 11) is 0. The molecule has 1 aliphatic carbocycles. The van der Waals surface area contributed by atoms with Gasteiger partial charge in [-0.25, -0.2) is 4.98 Å². The van der Waals surface area contributed by atoms with Crippen molar-refractivity contribution in [2.45, 2.75) is 57.7 Å². The van der Waals surface area contributed by atoms with Gasteiger partial charge in [-0.05, 0) is 26.7 Å². The predicted molar refractivity (Wildman–Crippen MR) is 67.6 cm³/mol. The van der Waals surface area contributed by atoms with Crippen LogP contribution < -0.4 is 5.73 Å². The smallest absolute Gasteiger partial charge is 0.0949 e. The standard InChI is InChI=1S/C13H23N3O/c1-13(2,14)12-9-15-10-16(12)7-8-17-11-5-3-4-6-11/h9-11H,3-8,14H2,1-2H3. The summed E-state index contributed by atoms with van der Waals surface area (Å²) in [6.45, 7) is 5.59. The maximum absolute atomic E-state index is 6.09. The van der Waals surface area contributed by atoms with Gasteiger partial charge in [0.15, 0.2) is 0 Å².